The second-order valence-corrected chi connectivity index (χ2v) is 3.61. The van der Waals surface area contributed by atoms with Gasteiger partial charge in [0.2, 0.25) is 0 Å². The van der Waals surface area contributed by atoms with E-state index in [1.807, 2.05) is 6.07 Å². The predicted octanol–water partition coefficient (Wildman–Crippen LogP) is 2.10. The fourth-order valence-electron chi connectivity index (χ4n) is 1.21. The van der Waals surface area contributed by atoms with E-state index in [1.165, 1.54) is 7.11 Å². The highest BCUT2D eigenvalue weighted by atomic mass is 35.5. The molecule has 0 radical (unpaired) electrons. The Hall–Kier alpha value is -1.44. The van der Waals surface area contributed by atoms with Gasteiger partial charge in [-0.2, -0.15) is 5.26 Å². The number of rotatable bonds is 4. The molecule has 0 aliphatic heterocycles. The monoisotopic (exact) mass is 240 g/mol. The zero-order valence-electron chi connectivity index (χ0n) is 9.16. The number of nitrogens with zero attached hydrogens (tertiary/aromatic N) is 1. The van der Waals surface area contributed by atoms with Crippen molar-refractivity contribution in [3.8, 4) is 17.6 Å². The third-order valence-electron chi connectivity index (χ3n) is 2.00. The number of hydrogen-bond donors (Lipinski definition) is 1. The molecule has 1 aromatic rings. The van der Waals surface area contributed by atoms with Gasteiger partial charge in [0.1, 0.15) is 6.07 Å². The van der Waals surface area contributed by atoms with Gasteiger partial charge in [-0.25, -0.2) is 0 Å². The molecule has 86 valence electrons. The quantitative estimate of drug-likeness (QED) is 0.875. The topological polar surface area (TPSA) is 68.3 Å². The van der Waals surface area contributed by atoms with Crippen molar-refractivity contribution in [3.63, 3.8) is 0 Å². The van der Waals surface area contributed by atoms with Crippen LogP contribution in [-0.2, 0) is 6.54 Å². The van der Waals surface area contributed by atoms with Gasteiger partial charge in [-0.3, -0.25) is 0 Å². The molecule has 2 N–H and O–H groups in total. The van der Waals surface area contributed by atoms with Crippen LogP contribution >= 0.6 is 11.6 Å². The Bertz CT molecular complexity index is 415. The Morgan fingerprint density at radius 3 is 2.75 bits per heavy atom. The molecule has 5 heteroatoms. The van der Waals surface area contributed by atoms with Gasteiger partial charge in [0.25, 0.3) is 0 Å². The minimum atomic E-state index is -0.588. The van der Waals surface area contributed by atoms with Crippen LogP contribution in [0.2, 0.25) is 5.02 Å². The lowest BCUT2D eigenvalue weighted by atomic mass is 10.2. The molecule has 0 bridgehead atoms. The van der Waals surface area contributed by atoms with E-state index in [4.69, 9.17) is 32.1 Å². The fourth-order valence-corrected chi connectivity index (χ4v) is 1.49. The van der Waals surface area contributed by atoms with Gasteiger partial charge in [0.15, 0.2) is 17.6 Å². The second kappa shape index (κ2) is 5.59. The third-order valence-corrected chi connectivity index (χ3v) is 2.28. The fraction of sp³-hybridized carbons (Fsp3) is 0.364. The Kier molecular flexibility index (Phi) is 4.41. The molecule has 1 atom stereocenters. The van der Waals surface area contributed by atoms with E-state index < -0.39 is 6.10 Å². The Morgan fingerprint density at radius 2 is 2.25 bits per heavy atom. The molecule has 0 amide bonds. The number of nitrogens with two attached hydrogens (primary N) is 1. The SMILES string of the molecule is COc1cc(CN)cc(Cl)c1OC(C)C#N. The van der Waals surface area contributed by atoms with Gasteiger partial charge in [0, 0.05) is 6.54 Å². The predicted molar refractivity (Wildman–Crippen MR) is 61.6 cm³/mol. The van der Waals surface area contributed by atoms with Crippen molar-refractivity contribution in [1.29, 1.82) is 5.26 Å². The van der Waals surface area contributed by atoms with Gasteiger partial charge >= 0.3 is 0 Å². The molecule has 0 spiro atoms. The molecule has 4 nitrogen and oxygen atoms in total. The summed E-state index contributed by atoms with van der Waals surface area (Å²) in [5.74, 6) is 0.852. The molecule has 0 saturated carbocycles. The average molecular weight is 241 g/mol. The molecule has 0 aliphatic carbocycles. The van der Waals surface area contributed by atoms with Gasteiger partial charge in [-0.05, 0) is 24.6 Å². The van der Waals surface area contributed by atoms with Crippen LogP contribution in [0.5, 0.6) is 11.5 Å². The van der Waals surface area contributed by atoms with Crippen molar-refractivity contribution in [1.82, 2.24) is 0 Å². The van der Waals surface area contributed by atoms with E-state index >= 15 is 0 Å². The van der Waals surface area contributed by atoms with Crippen LogP contribution in [0.25, 0.3) is 0 Å². The minimum absolute atomic E-state index is 0.365. The van der Waals surface area contributed by atoms with Crippen molar-refractivity contribution in [2.45, 2.75) is 19.6 Å². The number of benzene rings is 1. The van der Waals surface area contributed by atoms with Crippen LogP contribution in [-0.4, -0.2) is 13.2 Å². The molecule has 0 aromatic heterocycles. The smallest absolute Gasteiger partial charge is 0.182 e. The van der Waals surface area contributed by atoms with Crippen LogP contribution in [0.4, 0.5) is 0 Å². The number of ether oxygens (including phenoxy) is 2. The lowest BCUT2D eigenvalue weighted by Gasteiger charge is -2.14. The van der Waals surface area contributed by atoms with E-state index in [9.17, 15) is 0 Å². The molecule has 0 heterocycles. The zero-order valence-corrected chi connectivity index (χ0v) is 9.91. The van der Waals surface area contributed by atoms with Gasteiger partial charge in [-0.15, -0.1) is 0 Å². The van der Waals surface area contributed by atoms with Gasteiger partial charge < -0.3 is 15.2 Å². The number of methoxy groups -OCH3 is 1. The van der Waals surface area contributed by atoms with Crippen molar-refractivity contribution >= 4 is 11.6 Å². The van der Waals surface area contributed by atoms with Gasteiger partial charge in [-0.1, -0.05) is 11.6 Å². The first-order valence-electron chi connectivity index (χ1n) is 4.75. The molecule has 1 aromatic carbocycles. The molecule has 1 unspecified atom stereocenters. The Labute approximate surface area is 99.5 Å². The largest absolute Gasteiger partial charge is 0.493 e. The average Bonchev–Trinajstić information content (AvgIpc) is 2.30. The summed E-state index contributed by atoms with van der Waals surface area (Å²) in [6.07, 6.45) is -0.588. The highest BCUT2D eigenvalue weighted by Crippen LogP contribution is 2.36. The molecule has 16 heavy (non-hydrogen) atoms. The minimum Gasteiger partial charge on any atom is -0.493 e. The van der Waals surface area contributed by atoms with Crippen LogP contribution in [0.1, 0.15) is 12.5 Å². The molecular weight excluding hydrogens is 228 g/mol. The van der Waals surface area contributed by atoms with E-state index in [2.05, 4.69) is 0 Å². The van der Waals surface area contributed by atoms with Crippen LogP contribution in [0.15, 0.2) is 12.1 Å². The molecular formula is C11H13ClN2O2. The first-order chi connectivity index (χ1) is 7.62. The summed E-state index contributed by atoms with van der Waals surface area (Å²) in [7, 11) is 1.51. The van der Waals surface area contributed by atoms with E-state index in [-0.39, 0.29) is 0 Å². The molecule has 1 rings (SSSR count). The second-order valence-electron chi connectivity index (χ2n) is 3.20. The third kappa shape index (κ3) is 2.78. The summed E-state index contributed by atoms with van der Waals surface area (Å²) in [5, 5.41) is 9.06. The summed E-state index contributed by atoms with van der Waals surface area (Å²) >= 11 is 6.02. The number of halogens is 1. The first-order valence-corrected chi connectivity index (χ1v) is 5.13. The van der Waals surface area contributed by atoms with Crippen molar-refractivity contribution in [3.05, 3.63) is 22.7 Å². The summed E-state index contributed by atoms with van der Waals surface area (Å²) < 4.78 is 10.5. The van der Waals surface area contributed by atoms with Crippen LogP contribution in [0.3, 0.4) is 0 Å². The maximum atomic E-state index is 8.67. The maximum absolute atomic E-state index is 8.67. The lowest BCUT2D eigenvalue weighted by Crippen LogP contribution is -2.10. The zero-order chi connectivity index (χ0) is 12.1. The van der Waals surface area contributed by atoms with E-state index in [0.717, 1.165) is 5.56 Å². The summed E-state index contributed by atoms with van der Waals surface area (Å²) in [4.78, 5) is 0. The lowest BCUT2D eigenvalue weighted by molar-refractivity contribution is 0.260. The number of nitriles is 1. The maximum Gasteiger partial charge on any atom is 0.182 e. The summed E-state index contributed by atoms with van der Waals surface area (Å²) in [5.41, 5.74) is 6.36. The van der Waals surface area contributed by atoms with Crippen LogP contribution < -0.4 is 15.2 Å². The normalized spacial score (nSPS) is 11.7. The standard InChI is InChI=1S/C11H13ClN2O2/c1-7(5-13)16-11-9(12)3-8(6-14)4-10(11)15-2/h3-4,7H,6,14H2,1-2H3. The molecule has 0 aliphatic rings. The molecule has 0 fully saturated rings. The summed E-state index contributed by atoms with van der Waals surface area (Å²) in [6.45, 7) is 2.00. The van der Waals surface area contributed by atoms with E-state index in [0.29, 0.717) is 23.1 Å². The Balaban J connectivity index is 3.12. The van der Waals surface area contributed by atoms with Crippen molar-refractivity contribution < 1.29 is 9.47 Å². The Morgan fingerprint density at radius 1 is 1.56 bits per heavy atom. The van der Waals surface area contributed by atoms with Crippen molar-refractivity contribution in [2.24, 2.45) is 5.73 Å². The molecule has 0 saturated heterocycles. The van der Waals surface area contributed by atoms with E-state index in [1.54, 1.807) is 19.1 Å². The van der Waals surface area contributed by atoms with Crippen molar-refractivity contribution in [2.75, 3.05) is 7.11 Å². The van der Waals surface area contributed by atoms with Crippen LogP contribution in [0, 0.1) is 11.3 Å². The highest BCUT2D eigenvalue weighted by molar-refractivity contribution is 6.32. The number of hydrogen-bond acceptors (Lipinski definition) is 4. The highest BCUT2D eigenvalue weighted by Gasteiger charge is 2.14. The first kappa shape index (κ1) is 12.6. The van der Waals surface area contributed by atoms with Gasteiger partial charge in [0.05, 0.1) is 12.1 Å². The summed E-state index contributed by atoms with van der Waals surface area (Å²) in [6, 6.07) is 5.40.